The monoisotopic (exact) mass is 385 g/mol. The highest BCUT2D eigenvalue weighted by Gasteiger charge is 2.11. The Morgan fingerprint density at radius 3 is 2.61 bits per heavy atom. The quantitative estimate of drug-likeness (QED) is 0.437. The molecule has 136 valence electrons. The second kappa shape index (κ2) is 6.66. The molecule has 5 aromatic rings. The SMILES string of the molecule is O=c1c2cc(-c3cccc4ccccc34)nn2ccn1Cc1cccc(Cl)c1. The van der Waals surface area contributed by atoms with Gasteiger partial charge in [0, 0.05) is 23.0 Å². The average molecular weight is 386 g/mol. The molecule has 0 amide bonds. The Bertz CT molecular complexity index is 1380. The Hall–Kier alpha value is -3.37. The van der Waals surface area contributed by atoms with E-state index in [-0.39, 0.29) is 5.56 Å². The van der Waals surface area contributed by atoms with E-state index in [0.29, 0.717) is 17.1 Å². The van der Waals surface area contributed by atoms with Gasteiger partial charge in [0.1, 0.15) is 5.52 Å². The number of benzene rings is 3. The van der Waals surface area contributed by atoms with E-state index in [0.717, 1.165) is 27.6 Å². The number of fused-ring (bicyclic) bond motifs is 2. The van der Waals surface area contributed by atoms with E-state index in [9.17, 15) is 4.79 Å². The minimum atomic E-state index is -0.0820. The summed E-state index contributed by atoms with van der Waals surface area (Å²) in [6.07, 6.45) is 3.58. The van der Waals surface area contributed by atoms with Crippen LogP contribution in [0.3, 0.4) is 0 Å². The summed E-state index contributed by atoms with van der Waals surface area (Å²) < 4.78 is 3.32. The highest BCUT2D eigenvalue weighted by molar-refractivity contribution is 6.30. The Morgan fingerprint density at radius 1 is 0.893 bits per heavy atom. The molecule has 0 unspecified atom stereocenters. The van der Waals surface area contributed by atoms with E-state index in [1.807, 2.05) is 60.8 Å². The zero-order valence-corrected chi connectivity index (χ0v) is 15.7. The molecular weight excluding hydrogens is 370 g/mol. The third kappa shape index (κ3) is 2.88. The van der Waals surface area contributed by atoms with E-state index in [1.54, 1.807) is 15.3 Å². The van der Waals surface area contributed by atoms with Gasteiger partial charge in [0.2, 0.25) is 0 Å². The molecule has 0 saturated heterocycles. The summed E-state index contributed by atoms with van der Waals surface area (Å²) >= 11 is 6.06. The predicted octanol–water partition coefficient (Wildman–Crippen LogP) is 5.02. The fourth-order valence-corrected chi connectivity index (χ4v) is 3.78. The van der Waals surface area contributed by atoms with Crippen LogP contribution in [0.5, 0.6) is 0 Å². The first-order valence-corrected chi connectivity index (χ1v) is 9.38. The van der Waals surface area contributed by atoms with Crippen molar-refractivity contribution >= 4 is 27.9 Å². The minimum absolute atomic E-state index is 0.0820. The predicted molar refractivity (Wildman–Crippen MR) is 113 cm³/mol. The Morgan fingerprint density at radius 2 is 1.71 bits per heavy atom. The first-order valence-electron chi connectivity index (χ1n) is 9.00. The molecule has 3 aromatic carbocycles. The van der Waals surface area contributed by atoms with E-state index >= 15 is 0 Å². The molecule has 2 heterocycles. The van der Waals surface area contributed by atoms with Gasteiger partial charge in [0.05, 0.1) is 12.2 Å². The molecule has 0 aliphatic carbocycles. The standard InChI is InChI=1S/C23H16ClN3O/c24-18-8-3-5-16(13-18)15-26-11-12-27-22(23(26)28)14-21(25-27)20-10-4-7-17-6-1-2-9-19(17)20/h1-14H,15H2. The second-order valence-electron chi connectivity index (χ2n) is 6.75. The summed E-state index contributed by atoms with van der Waals surface area (Å²) in [5.41, 5.74) is 3.25. The van der Waals surface area contributed by atoms with E-state index in [2.05, 4.69) is 23.3 Å². The van der Waals surface area contributed by atoms with Crippen LogP contribution in [0.15, 0.2) is 90.0 Å². The van der Waals surface area contributed by atoms with Crippen molar-refractivity contribution in [2.45, 2.75) is 6.54 Å². The first kappa shape index (κ1) is 16.8. The van der Waals surface area contributed by atoms with Crippen LogP contribution in [-0.2, 0) is 6.54 Å². The Labute approximate surface area is 166 Å². The molecule has 0 atom stereocenters. The highest BCUT2D eigenvalue weighted by Crippen LogP contribution is 2.27. The number of hydrogen-bond donors (Lipinski definition) is 0. The maximum atomic E-state index is 13.0. The minimum Gasteiger partial charge on any atom is -0.308 e. The first-order chi connectivity index (χ1) is 13.7. The molecule has 0 aliphatic rings. The largest absolute Gasteiger partial charge is 0.308 e. The van der Waals surface area contributed by atoms with Crippen molar-refractivity contribution in [2.24, 2.45) is 0 Å². The molecule has 0 radical (unpaired) electrons. The lowest BCUT2D eigenvalue weighted by atomic mass is 10.0. The maximum Gasteiger partial charge on any atom is 0.276 e. The zero-order chi connectivity index (χ0) is 19.1. The van der Waals surface area contributed by atoms with Crippen LogP contribution < -0.4 is 5.56 Å². The number of halogens is 1. The van der Waals surface area contributed by atoms with Crippen LogP contribution in [0.4, 0.5) is 0 Å². The molecular formula is C23H16ClN3O. The fourth-order valence-electron chi connectivity index (χ4n) is 3.56. The number of aromatic nitrogens is 3. The molecule has 0 bridgehead atoms. The summed E-state index contributed by atoms with van der Waals surface area (Å²) in [4.78, 5) is 13.0. The lowest BCUT2D eigenvalue weighted by Crippen LogP contribution is -2.21. The summed E-state index contributed by atoms with van der Waals surface area (Å²) in [6, 6.07) is 23.7. The number of rotatable bonds is 3. The normalized spacial score (nSPS) is 11.3. The third-order valence-electron chi connectivity index (χ3n) is 4.91. The van der Waals surface area contributed by atoms with Crippen LogP contribution in [0.2, 0.25) is 5.02 Å². The van der Waals surface area contributed by atoms with Gasteiger partial charge in [-0.25, -0.2) is 4.52 Å². The van der Waals surface area contributed by atoms with Gasteiger partial charge in [-0.1, -0.05) is 66.2 Å². The average Bonchev–Trinajstić information content (AvgIpc) is 3.15. The molecule has 5 heteroatoms. The molecule has 0 N–H and O–H groups in total. The third-order valence-corrected chi connectivity index (χ3v) is 5.15. The number of hydrogen-bond acceptors (Lipinski definition) is 2. The molecule has 28 heavy (non-hydrogen) atoms. The lowest BCUT2D eigenvalue weighted by Gasteiger charge is -2.06. The lowest BCUT2D eigenvalue weighted by molar-refractivity contribution is 0.743. The summed E-state index contributed by atoms with van der Waals surface area (Å²) in [5.74, 6) is 0. The topological polar surface area (TPSA) is 39.3 Å². The molecule has 0 spiro atoms. The maximum absolute atomic E-state index is 13.0. The molecule has 4 nitrogen and oxygen atoms in total. The van der Waals surface area contributed by atoms with Crippen molar-refractivity contribution in [1.29, 1.82) is 0 Å². The van der Waals surface area contributed by atoms with Gasteiger partial charge in [0.25, 0.3) is 5.56 Å². The number of nitrogens with zero attached hydrogens (tertiary/aromatic N) is 3. The summed E-state index contributed by atoms with van der Waals surface area (Å²) in [7, 11) is 0. The second-order valence-corrected chi connectivity index (χ2v) is 7.18. The molecule has 0 fully saturated rings. The van der Waals surface area contributed by atoms with Crippen molar-refractivity contribution in [3.63, 3.8) is 0 Å². The van der Waals surface area contributed by atoms with Crippen LogP contribution in [0.25, 0.3) is 27.5 Å². The van der Waals surface area contributed by atoms with Crippen molar-refractivity contribution in [3.8, 4) is 11.3 Å². The van der Waals surface area contributed by atoms with Crippen molar-refractivity contribution in [2.75, 3.05) is 0 Å². The molecule has 0 aliphatic heterocycles. The Balaban J connectivity index is 1.62. The van der Waals surface area contributed by atoms with Gasteiger partial charge in [-0.2, -0.15) is 5.10 Å². The fraction of sp³-hybridized carbons (Fsp3) is 0.0435. The zero-order valence-electron chi connectivity index (χ0n) is 14.9. The van der Waals surface area contributed by atoms with E-state index < -0.39 is 0 Å². The van der Waals surface area contributed by atoms with Crippen molar-refractivity contribution in [3.05, 3.63) is 106 Å². The van der Waals surface area contributed by atoms with Gasteiger partial charge >= 0.3 is 0 Å². The highest BCUT2D eigenvalue weighted by atomic mass is 35.5. The summed E-state index contributed by atoms with van der Waals surface area (Å²) in [5, 5.41) is 7.57. The van der Waals surface area contributed by atoms with Crippen LogP contribution in [0, 0.1) is 0 Å². The molecule has 2 aromatic heterocycles. The van der Waals surface area contributed by atoms with Gasteiger partial charge < -0.3 is 4.57 Å². The molecule has 0 saturated carbocycles. The van der Waals surface area contributed by atoms with Gasteiger partial charge in [-0.05, 0) is 34.5 Å². The van der Waals surface area contributed by atoms with Gasteiger partial charge in [-0.15, -0.1) is 0 Å². The van der Waals surface area contributed by atoms with Crippen molar-refractivity contribution < 1.29 is 0 Å². The molecule has 5 rings (SSSR count). The van der Waals surface area contributed by atoms with E-state index in [4.69, 9.17) is 11.6 Å². The van der Waals surface area contributed by atoms with Gasteiger partial charge in [0.15, 0.2) is 0 Å². The van der Waals surface area contributed by atoms with Crippen LogP contribution in [-0.4, -0.2) is 14.2 Å². The van der Waals surface area contributed by atoms with Crippen LogP contribution >= 0.6 is 11.6 Å². The van der Waals surface area contributed by atoms with E-state index in [1.165, 1.54) is 0 Å². The smallest absolute Gasteiger partial charge is 0.276 e. The van der Waals surface area contributed by atoms with Gasteiger partial charge in [-0.3, -0.25) is 4.79 Å². The Kier molecular flexibility index (Phi) is 3.99. The van der Waals surface area contributed by atoms with Crippen molar-refractivity contribution in [1.82, 2.24) is 14.2 Å². The summed E-state index contributed by atoms with van der Waals surface area (Å²) in [6.45, 7) is 0.463. The van der Waals surface area contributed by atoms with Crippen LogP contribution in [0.1, 0.15) is 5.56 Å².